The first kappa shape index (κ1) is 17.1. The molecule has 2 N–H and O–H groups in total. The molecule has 2 aromatic carbocycles. The minimum absolute atomic E-state index is 0.0574. The SMILES string of the molecule is Fc1cc(F)c(NNc2c(F)c(F)c(Cl)c(F)c2F)c(F)c1F. The summed E-state index contributed by atoms with van der Waals surface area (Å²) in [5, 5.41) is -1.48. The Hall–Kier alpha value is -2.23. The molecular formula is C12H3ClF8N2. The molecule has 0 unspecified atom stereocenters. The maximum atomic E-state index is 13.5. The Morgan fingerprint density at radius 2 is 1.00 bits per heavy atom. The van der Waals surface area contributed by atoms with Crippen molar-refractivity contribution >= 4 is 23.0 Å². The highest BCUT2D eigenvalue weighted by atomic mass is 35.5. The van der Waals surface area contributed by atoms with Crippen molar-refractivity contribution in [1.82, 2.24) is 0 Å². The molecule has 0 aliphatic rings. The number of hydrazine groups is 1. The molecule has 0 aliphatic carbocycles. The fourth-order valence-corrected chi connectivity index (χ4v) is 1.69. The van der Waals surface area contributed by atoms with Crippen molar-refractivity contribution in [2.75, 3.05) is 10.9 Å². The molecule has 0 heterocycles. The zero-order chi connectivity index (χ0) is 17.5. The summed E-state index contributed by atoms with van der Waals surface area (Å²) in [5.74, 6) is -15.6. The van der Waals surface area contributed by atoms with Gasteiger partial charge in [-0.3, -0.25) is 10.9 Å². The van der Waals surface area contributed by atoms with E-state index < -0.39 is 62.9 Å². The van der Waals surface area contributed by atoms with Crippen LogP contribution in [0.3, 0.4) is 0 Å². The van der Waals surface area contributed by atoms with Gasteiger partial charge in [-0.1, -0.05) is 11.6 Å². The maximum Gasteiger partial charge on any atom is 0.196 e. The van der Waals surface area contributed by atoms with Crippen LogP contribution in [0.5, 0.6) is 0 Å². The van der Waals surface area contributed by atoms with Gasteiger partial charge in [0.15, 0.2) is 46.5 Å². The van der Waals surface area contributed by atoms with Crippen molar-refractivity contribution in [2.45, 2.75) is 0 Å². The Morgan fingerprint density at radius 1 is 0.565 bits per heavy atom. The Labute approximate surface area is 127 Å². The van der Waals surface area contributed by atoms with Gasteiger partial charge in [0.2, 0.25) is 0 Å². The Bertz CT molecular complexity index is 767. The van der Waals surface area contributed by atoms with Crippen molar-refractivity contribution in [1.29, 1.82) is 0 Å². The van der Waals surface area contributed by atoms with Crippen LogP contribution < -0.4 is 10.9 Å². The zero-order valence-corrected chi connectivity index (χ0v) is 11.2. The number of anilines is 2. The van der Waals surface area contributed by atoms with Gasteiger partial charge in [0.25, 0.3) is 0 Å². The first-order valence-electron chi connectivity index (χ1n) is 5.53. The lowest BCUT2D eigenvalue weighted by molar-refractivity contribution is 0.437. The van der Waals surface area contributed by atoms with Crippen LogP contribution in [-0.2, 0) is 0 Å². The molecule has 0 aromatic heterocycles. The van der Waals surface area contributed by atoms with E-state index in [-0.39, 0.29) is 6.07 Å². The van der Waals surface area contributed by atoms with Gasteiger partial charge in [0, 0.05) is 6.07 Å². The predicted molar refractivity (Wildman–Crippen MR) is 64.8 cm³/mol. The molecule has 0 amide bonds. The number of nitrogens with one attached hydrogen (secondary N) is 2. The molecule has 0 saturated carbocycles. The molecule has 0 atom stereocenters. The minimum atomic E-state index is -2.08. The zero-order valence-electron chi connectivity index (χ0n) is 10.5. The maximum absolute atomic E-state index is 13.5. The summed E-state index contributed by atoms with van der Waals surface area (Å²) in [6.07, 6.45) is 0. The average Bonchev–Trinajstić information content (AvgIpc) is 2.51. The normalized spacial score (nSPS) is 10.8. The molecule has 2 aromatic rings. The second-order valence-electron chi connectivity index (χ2n) is 4.04. The molecule has 0 bridgehead atoms. The smallest absolute Gasteiger partial charge is 0.196 e. The Balaban J connectivity index is 2.42. The van der Waals surface area contributed by atoms with E-state index in [0.717, 1.165) is 0 Å². The number of halogens is 9. The van der Waals surface area contributed by atoms with E-state index >= 15 is 0 Å². The van der Waals surface area contributed by atoms with Crippen molar-refractivity contribution in [3.8, 4) is 0 Å². The molecule has 124 valence electrons. The highest BCUT2D eigenvalue weighted by Crippen LogP contribution is 2.31. The van der Waals surface area contributed by atoms with Gasteiger partial charge in [-0.2, -0.15) is 0 Å². The molecule has 0 aliphatic heterocycles. The average molecular weight is 363 g/mol. The van der Waals surface area contributed by atoms with Crippen LogP contribution in [0.4, 0.5) is 46.5 Å². The fraction of sp³-hybridized carbons (Fsp3) is 0. The molecule has 2 rings (SSSR count). The first-order valence-corrected chi connectivity index (χ1v) is 5.91. The van der Waals surface area contributed by atoms with Crippen LogP contribution in [0, 0.1) is 46.5 Å². The van der Waals surface area contributed by atoms with Gasteiger partial charge in [0.1, 0.15) is 16.4 Å². The summed E-state index contributed by atoms with van der Waals surface area (Å²) in [6, 6.07) is -0.0574. The number of benzene rings is 2. The molecule has 0 radical (unpaired) electrons. The third-order valence-electron chi connectivity index (χ3n) is 2.64. The van der Waals surface area contributed by atoms with Crippen molar-refractivity contribution in [2.24, 2.45) is 0 Å². The van der Waals surface area contributed by atoms with E-state index in [1.807, 2.05) is 0 Å². The summed E-state index contributed by atoms with van der Waals surface area (Å²) in [6.45, 7) is 0. The van der Waals surface area contributed by atoms with Gasteiger partial charge in [-0.15, -0.1) is 0 Å². The summed E-state index contributed by atoms with van der Waals surface area (Å²) in [7, 11) is 0. The van der Waals surface area contributed by atoms with Crippen LogP contribution in [0.15, 0.2) is 6.07 Å². The molecule has 2 nitrogen and oxygen atoms in total. The molecule has 0 fully saturated rings. The van der Waals surface area contributed by atoms with Gasteiger partial charge in [0.05, 0.1) is 0 Å². The van der Waals surface area contributed by atoms with E-state index in [1.54, 1.807) is 0 Å². The highest BCUT2D eigenvalue weighted by Gasteiger charge is 2.25. The van der Waals surface area contributed by atoms with Crippen LogP contribution in [0.25, 0.3) is 0 Å². The third kappa shape index (κ3) is 2.85. The quantitative estimate of drug-likeness (QED) is 0.351. The van der Waals surface area contributed by atoms with Crippen LogP contribution >= 0.6 is 11.6 Å². The number of hydrogen-bond donors (Lipinski definition) is 2. The largest absolute Gasteiger partial charge is 0.295 e. The van der Waals surface area contributed by atoms with Gasteiger partial charge >= 0.3 is 0 Å². The molecular weight excluding hydrogens is 360 g/mol. The highest BCUT2D eigenvalue weighted by molar-refractivity contribution is 6.31. The minimum Gasteiger partial charge on any atom is -0.295 e. The van der Waals surface area contributed by atoms with Crippen molar-refractivity contribution < 1.29 is 35.1 Å². The second kappa shape index (κ2) is 6.11. The van der Waals surface area contributed by atoms with E-state index in [9.17, 15) is 35.1 Å². The number of rotatable bonds is 3. The first-order chi connectivity index (χ1) is 10.7. The number of hydrogen-bond acceptors (Lipinski definition) is 2. The summed E-state index contributed by atoms with van der Waals surface area (Å²) in [5.41, 5.74) is -0.0118. The van der Waals surface area contributed by atoms with Crippen molar-refractivity contribution in [3.05, 3.63) is 57.6 Å². The van der Waals surface area contributed by atoms with E-state index in [2.05, 4.69) is 0 Å². The van der Waals surface area contributed by atoms with Crippen LogP contribution in [0.2, 0.25) is 5.02 Å². The lowest BCUT2D eigenvalue weighted by atomic mass is 10.2. The summed E-state index contributed by atoms with van der Waals surface area (Å²) < 4.78 is 106. The van der Waals surface area contributed by atoms with E-state index in [4.69, 9.17) is 11.6 Å². The standard InChI is InChI=1S/C12H3ClF8N2/c13-4-6(17)9(20)12(10(21)7(4)18)23-22-11-3(15)1-2(14)5(16)8(11)19/h1,22-23H. The molecule has 0 spiro atoms. The lowest BCUT2D eigenvalue weighted by Crippen LogP contribution is -2.17. The predicted octanol–water partition coefficient (Wildman–Crippen LogP) is 4.89. The third-order valence-corrected chi connectivity index (χ3v) is 2.97. The fourth-order valence-electron chi connectivity index (χ4n) is 1.52. The Morgan fingerprint density at radius 3 is 1.52 bits per heavy atom. The van der Waals surface area contributed by atoms with Crippen LogP contribution in [-0.4, -0.2) is 0 Å². The van der Waals surface area contributed by atoms with Crippen molar-refractivity contribution in [3.63, 3.8) is 0 Å². The molecule has 23 heavy (non-hydrogen) atoms. The topological polar surface area (TPSA) is 24.1 Å². The van der Waals surface area contributed by atoms with Gasteiger partial charge in [-0.25, -0.2) is 35.1 Å². The molecule has 0 saturated heterocycles. The monoisotopic (exact) mass is 362 g/mol. The van der Waals surface area contributed by atoms with Crippen LogP contribution in [0.1, 0.15) is 0 Å². The van der Waals surface area contributed by atoms with E-state index in [1.165, 1.54) is 10.9 Å². The summed E-state index contributed by atoms with van der Waals surface area (Å²) >= 11 is 4.98. The lowest BCUT2D eigenvalue weighted by Gasteiger charge is -2.14. The summed E-state index contributed by atoms with van der Waals surface area (Å²) in [4.78, 5) is 0. The van der Waals surface area contributed by atoms with Gasteiger partial charge < -0.3 is 0 Å². The molecule has 11 heteroatoms. The van der Waals surface area contributed by atoms with Gasteiger partial charge in [-0.05, 0) is 0 Å². The van der Waals surface area contributed by atoms with E-state index in [0.29, 0.717) is 0 Å². The second-order valence-corrected chi connectivity index (χ2v) is 4.42. The Kier molecular flexibility index (Phi) is 4.55.